The molecule has 3 aromatic rings. The van der Waals surface area contributed by atoms with Gasteiger partial charge in [0.1, 0.15) is 0 Å². The molecule has 1 saturated heterocycles. The minimum Gasteiger partial charge on any atom is -0.272 e. The van der Waals surface area contributed by atoms with Crippen molar-refractivity contribution in [2.75, 3.05) is 0 Å². The second-order valence-electron chi connectivity index (χ2n) is 8.36. The molecule has 2 bridgehead atoms. The highest BCUT2D eigenvalue weighted by molar-refractivity contribution is 6.16. The third kappa shape index (κ3) is 2.17. The molecule has 2 aliphatic carbocycles. The largest absolute Gasteiger partial charge is 0.272 e. The van der Waals surface area contributed by atoms with E-state index in [4.69, 9.17) is 0 Å². The van der Waals surface area contributed by atoms with Crippen LogP contribution in [-0.2, 0) is 9.59 Å². The summed E-state index contributed by atoms with van der Waals surface area (Å²) in [6, 6.07) is 16.4. The van der Waals surface area contributed by atoms with Gasteiger partial charge in [-0.05, 0) is 52.3 Å². The third-order valence-corrected chi connectivity index (χ3v) is 6.99. The summed E-state index contributed by atoms with van der Waals surface area (Å²) in [5, 5.41) is 10.0. The van der Waals surface area contributed by atoms with Crippen LogP contribution in [0.2, 0.25) is 0 Å². The first-order valence-corrected chi connectivity index (χ1v) is 10.2. The maximum Gasteiger partial charge on any atom is 0.254 e. The molecule has 3 aromatic carbocycles. The Bertz CT molecular complexity index is 1190. The van der Waals surface area contributed by atoms with Crippen molar-refractivity contribution in [3.63, 3.8) is 0 Å². The molecule has 3 aliphatic rings. The Hall–Kier alpha value is -3.27. The molecule has 4 atom stereocenters. The maximum absolute atomic E-state index is 12.9. The van der Waals surface area contributed by atoms with Gasteiger partial charge in [0.15, 0.2) is 0 Å². The van der Waals surface area contributed by atoms with Crippen molar-refractivity contribution in [1.29, 1.82) is 0 Å². The van der Waals surface area contributed by atoms with E-state index in [1.54, 1.807) is 6.21 Å². The number of hydrogen-bond acceptors (Lipinski definition) is 3. The maximum atomic E-state index is 12.9. The van der Waals surface area contributed by atoms with E-state index in [9.17, 15) is 9.59 Å². The van der Waals surface area contributed by atoms with Gasteiger partial charge < -0.3 is 0 Å². The summed E-state index contributed by atoms with van der Waals surface area (Å²) >= 11 is 0. The monoisotopic (exact) mass is 380 g/mol. The van der Waals surface area contributed by atoms with Crippen LogP contribution in [0, 0.1) is 30.6 Å². The number of nitrogens with zero attached hydrogens (tertiary/aromatic N) is 2. The van der Waals surface area contributed by atoms with Crippen LogP contribution in [0.15, 0.2) is 65.8 Å². The van der Waals surface area contributed by atoms with Gasteiger partial charge in [-0.2, -0.15) is 10.1 Å². The van der Waals surface area contributed by atoms with Crippen LogP contribution in [0.3, 0.4) is 0 Å². The zero-order chi connectivity index (χ0) is 19.7. The molecule has 0 radical (unpaired) electrons. The predicted octanol–water partition coefficient (Wildman–Crippen LogP) is 4.44. The molecule has 1 aliphatic heterocycles. The summed E-state index contributed by atoms with van der Waals surface area (Å²) in [5.74, 6) is -0.338. The summed E-state index contributed by atoms with van der Waals surface area (Å²) in [7, 11) is 0. The summed E-state index contributed by atoms with van der Waals surface area (Å²) < 4.78 is 0. The van der Waals surface area contributed by atoms with Gasteiger partial charge in [0, 0.05) is 5.56 Å². The van der Waals surface area contributed by atoms with Crippen molar-refractivity contribution in [1.82, 2.24) is 5.01 Å². The standard InChI is InChI=1S/C25H20N2O2/c1-14-17-6-2-4-8-19(17)21(20-9-5-3-7-18(14)20)13-26-27-24(28)22-15-10-11-16(12-15)23(22)25(27)29/h2-11,13,15-16,22-23H,12H2,1H3/b26-13-/t15-,16-,22-,23-/m0/s1. The van der Waals surface area contributed by atoms with Crippen LogP contribution >= 0.6 is 0 Å². The first-order valence-electron chi connectivity index (χ1n) is 10.2. The second kappa shape index (κ2) is 5.86. The van der Waals surface area contributed by atoms with Crippen LogP contribution in [0.5, 0.6) is 0 Å². The number of aryl methyl sites for hydroxylation is 1. The van der Waals surface area contributed by atoms with E-state index in [1.165, 1.54) is 5.56 Å². The Labute approximate surface area is 168 Å². The molecule has 1 heterocycles. The first kappa shape index (κ1) is 16.7. The lowest BCUT2D eigenvalue weighted by molar-refractivity contribution is -0.140. The zero-order valence-electron chi connectivity index (χ0n) is 16.1. The SMILES string of the molecule is Cc1c2ccccc2c(/C=N\N2C(=O)[C@@H]3[C@@H](C2=O)[C@H]2C=C[C@H]3C2)c2ccccc12. The molecule has 4 nitrogen and oxygen atoms in total. The van der Waals surface area contributed by atoms with Gasteiger partial charge in [0.25, 0.3) is 11.8 Å². The fourth-order valence-corrected chi connectivity index (χ4v) is 5.64. The van der Waals surface area contributed by atoms with Crippen molar-refractivity contribution in [3.8, 4) is 0 Å². The molecule has 0 spiro atoms. The smallest absolute Gasteiger partial charge is 0.254 e. The number of allylic oxidation sites excluding steroid dienone is 2. The Balaban J connectivity index is 1.48. The number of carbonyl (C=O) groups is 2. The highest BCUT2D eigenvalue weighted by Crippen LogP contribution is 2.52. The van der Waals surface area contributed by atoms with Gasteiger partial charge in [0.2, 0.25) is 0 Å². The number of carbonyl (C=O) groups excluding carboxylic acids is 2. The number of fused-ring (bicyclic) bond motifs is 7. The van der Waals surface area contributed by atoms with E-state index < -0.39 is 0 Å². The molecular formula is C25H20N2O2. The van der Waals surface area contributed by atoms with E-state index in [1.807, 2.05) is 24.3 Å². The van der Waals surface area contributed by atoms with Crippen molar-refractivity contribution in [2.45, 2.75) is 13.3 Å². The molecular weight excluding hydrogens is 360 g/mol. The van der Waals surface area contributed by atoms with Gasteiger partial charge in [-0.25, -0.2) is 0 Å². The Morgan fingerprint density at radius 3 is 1.83 bits per heavy atom. The first-order chi connectivity index (χ1) is 14.1. The lowest BCUT2D eigenvalue weighted by Crippen LogP contribution is -2.28. The summed E-state index contributed by atoms with van der Waals surface area (Å²) in [6.07, 6.45) is 6.84. The summed E-state index contributed by atoms with van der Waals surface area (Å²) in [6.45, 7) is 2.13. The lowest BCUT2D eigenvalue weighted by Gasteiger charge is -2.14. The fraction of sp³-hybridized carbons (Fsp3) is 0.240. The van der Waals surface area contributed by atoms with Gasteiger partial charge >= 0.3 is 0 Å². The lowest BCUT2D eigenvalue weighted by atomic mass is 9.85. The van der Waals surface area contributed by atoms with Crippen molar-refractivity contribution >= 4 is 39.6 Å². The number of rotatable bonds is 2. The molecule has 29 heavy (non-hydrogen) atoms. The van der Waals surface area contributed by atoms with Crippen LogP contribution < -0.4 is 0 Å². The molecule has 4 heteroatoms. The topological polar surface area (TPSA) is 49.7 Å². The molecule has 0 aromatic heterocycles. The average molecular weight is 380 g/mol. The number of hydrazone groups is 1. The normalized spacial score (nSPS) is 27.8. The molecule has 0 N–H and O–H groups in total. The van der Waals surface area contributed by atoms with Crippen molar-refractivity contribution in [3.05, 3.63) is 71.8 Å². The molecule has 1 saturated carbocycles. The zero-order valence-corrected chi connectivity index (χ0v) is 16.1. The van der Waals surface area contributed by atoms with E-state index in [0.717, 1.165) is 38.5 Å². The van der Waals surface area contributed by atoms with Crippen LogP contribution in [0.25, 0.3) is 21.5 Å². The molecule has 6 rings (SSSR count). The molecule has 2 amide bonds. The quantitative estimate of drug-likeness (QED) is 0.286. The van der Waals surface area contributed by atoms with E-state index in [-0.39, 0.29) is 35.5 Å². The molecule has 2 fully saturated rings. The van der Waals surface area contributed by atoms with Crippen molar-refractivity contribution < 1.29 is 9.59 Å². The van der Waals surface area contributed by atoms with E-state index in [2.05, 4.69) is 48.4 Å². The Morgan fingerprint density at radius 2 is 1.31 bits per heavy atom. The van der Waals surface area contributed by atoms with Gasteiger partial charge in [0.05, 0.1) is 18.1 Å². The number of benzene rings is 3. The summed E-state index contributed by atoms with van der Waals surface area (Å²) in [4.78, 5) is 25.9. The minimum absolute atomic E-state index is 0.145. The van der Waals surface area contributed by atoms with E-state index in [0.29, 0.717) is 0 Å². The highest BCUT2D eigenvalue weighted by atomic mass is 16.2. The highest BCUT2D eigenvalue weighted by Gasteiger charge is 2.59. The Kier molecular flexibility index (Phi) is 3.37. The number of imide groups is 1. The average Bonchev–Trinajstić information content (AvgIpc) is 3.43. The molecule has 0 unspecified atom stereocenters. The van der Waals surface area contributed by atoms with Gasteiger partial charge in [-0.15, -0.1) is 0 Å². The van der Waals surface area contributed by atoms with Crippen molar-refractivity contribution in [2.24, 2.45) is 28.8 Å². The third-order valence-electron chi connectivity index (χ3n) is 6.99. The van der Waals surface area contributed by atoms with Crippen LogP contribution in [0.1, 0.15) is 17.5 Å². The predicted molar refractivity (Wildman–Crippen MR) is 113 cm³/mol. The van der Waals surface area contributed by atoms with E-state index >= 15 is 0 Å². The molecule has 142 valence electrons. The minimum atomic E-state index is -0.221. The second-order valence-corrected chi connectivity index (χ2v) is 8.36. The number of amides is 2. The van der Waals surface area contributed by atoms with Gasteiger partial charge in [-0.3, -0.25) is 9.59 Å². The van der Waals surface area contributed by atoms with Gasteiger partial charge in [-0.1, -0.05) is 60.7 Å². The fourth-order valence-electron chi connectivity index (χ4n) is 5.64. The van der Waals surface area contributed by atoms with Crippen LogP contribution in [0.4, 0.5) is 0 Å². The Morgan fingerprint density at radius 1 is 0.828 bits per heavy atom. The number of hydrogen-bond donors (Lipinski definition) is 0. The van der Waals surface area contributed by atoms with Crippen LogP contribution in [-0.4, -0.2) is 23.0 Å². The summed E-state index contributed by atoms with van der Waals surface area (Å²) in [5.41, 5.74) is 2.17.